The van der Waals surface area contributed by atoms with Crippen molar-refractivity contribution < 1.29 is 37.3 Å². The highest BCUT2D eigenvalue weighted by molar-refractivity contribution is 5.78. The second-order valence-corrected chi connectivity index (χ2v) is 5.57. The van der Waals surface area contributed by atoms with Gasteiger partial charge in [0.05, 0.1) is 13.0 Å². The van der Waals surface area contributed by atoms with E-state index in [1.807, 2.05) is 35.9 Å². The number of imidazole rings is 1. The summed E-state index contributed by atoms with van der Waals surface area (Å²) in [7, 11) is 0. The molecule has 11 heteroatoms. The number of fused-ring (bicyclic) bond motifs is 1. The quantitative estimate of drug-likeness (QED) is 0.796. The Morgan fingerprint density at radius 2 is 1.96 bits per heavy atom. The molecule has 1 amide bonds. The van der Waals surface area contributed by atoms with Crippen LogP contribution in [0, 0.1) is 0 Å². The number of ether oxygens (including phenoxy) is 2. The Morgan fingerprint density at radius 3 is 2.61 bits per heavy atom. The summed E-state index contributed by atoms with van der Waals surface area (Å²) < 4.78 is 44.3. The van der Waals surface area contributed by atoms with E-state index < -0.39 is 12.1 Å². The van der Waals surface area contributed by atoms with Gasteiger partial charge in [-0.25, -0.2) is 9.78 Å². The van der Waals surface area contributed by atoms with Crippen molar-refractivity contribution in [1.82, 2.24) is 14.9 Å². The minimum absolute atomic E-state index is 0.0421. The Balaban J connectivity index is 0.000000345. The molecule has 8 nitrogen and oxygen atoms in total. The second-order valence-electron chi connectivity index (χ2n) is 5.57. The number of amides is 1. The third-order valence-corrected chi connectivity index (χ3v) is 3.63. The number of nitrogens with zero attached hydrogens (tertiary/aromatic N) is 2. The van der Waals surface area contributed by atoms with Crippen molar-refractivity contribution in [3.63, 3.8) is 0 Å². The van der Waals surface area contributed by atoms with Crippen LogP contribution in [0.4, 0.5) is 13.2 Å². The lowest BCUT2D eigenvalue weighted by Crippen LogP contribution is -2.26. The van der Waals surface area contributed by atoms with Crippen LogP contribution >= 0.6 is 0 Å². The lowest BCUT2D eigenvalue weighted by atomic mass is 10.1. The molecular weight excluding hydrogens is 383 g/mol. The molecule has 0 saturated carbocycles. The van der Waals surface area contributed by atoms with E-state index in [-0.39, 0.29) is 12.7 Å². The van der Waals surface area contributed by atoms with Crippen LogP contribution in [0.3, 0.4) is 0 Å². The van der Waals surface area contributed by atoms with Gasteiger partial charge < -0.3 is 24.5 Å². The maximum absolute atomic E-state index is 12.0. The maximum Gasteiger partial charge on any atom is 0.490 e. The summed E-state index contributed by atoms with van der Waals surface area (Å²) in [5.41, 5.74) is 0.899. The van der Waals surface area contributed by atoms with Gasteiger partial charge in [-0.05, 0) is 24.6 Å². The molecule has 1 aliphatic heterocycles. The molecule has 2 aromatic rings. The van der Waals surface area contributed by atoms with Crippen molar-refractivity contribution in [2.75, 3.05) is 6.79 Å². The number of carboxylic acids is 1. The van der Waals surface area contributed by atoms with Gasteiger partial charge in [0, 0.05) is 18.9 Å². The fraction of sp³-hybridized carbons (Fsp3) is 0.353. The molecule has 0 radical (unpaired) electrons. The van der Waals surface area contributed by atoms with E-state index in [0.29, 0.717) is 18.7 Å². The fourth-order valence-corrected chi connectivity index (χ4v) is 2.27. The number of aryl methyl sites for hydroxylation is 1. The van der Waals surface area contributed by atoms with Gasteiger partial charge in [0.1, 0.15) is 5.82 Å². The van der Waals surface area contributed by atoms with Crippen LogP contribution in [0.15, 0.2) is 30.6 Å². The molecule has 0 atom stereocenters. The molecule has 3 rings (SSSR count). The van der Waals surface area contributed by atoms with Gasteiger partial charge >= 0.3 is 12.1 Å². The number of hydrogen-bond acceptors (Lipinski definition) is 5. The fourth-order valence-electron chi connectivity index (χ4n) is 2.27. The zero-order valence-corrected chi connectivity index (χ0v) is 14.8. The zero-order chi connectivity index (χ0) is 20.7. The molecule has 1 aromatic heterocycles. The van der Waals surface area contributed by atoms with Crippen molar-refractivity contribution in [2.24, 2.45) is 0 Å². The molecule has 1 aliphatic rings. The molecule has 0 fully saturated rings. The summed E-state index contributed by atoms with van der Waals surface area (Å²) in [6, 6.07) is 5.55. The van der Waals surface area contributed by atoms with E-state index in [9.17, 15) is 18.0 Å². The number of alkyl halides is 3. The lowest BCUT2D eigenvalue weighted by Gasteiger charge is -2.07. The standard InChI is InChI=1S/C15H17N3O3.C2HF3O2/c1-2-18-6-5-16-14(18)9-17-15(19)8-11-3-4-12-13(7-11)21-10-20-12;3-2(4,5)1(6)7/h3-7H,2,8-10H2,1H3,(H,17,19);(H,6,7). The van der Waals surface area contributed by atoms with Gasteiger partial charge in [-0.1, -0.05) is 6.07 Å². The van der Waals surface area contributed by atoms with Crippen LogP contribution in [0.25, 0.3) is 0 Å². The van der Waals surface area contributed by atoms with Gasteiger partial charge in [0.15, 0.2) is 11.5 Å². The number of carboxylic acid groups (broad SMARTS) is 1. The molecule has 2 heterocycles. The SMILES string of the molecule is CCn1ccnc1CNC(=O)Cc1ccc2c(c1)OCO2.O=C(O)C(F)(F)F. The zero-order valence-electron chi connectivity index (χ0n) is 14.8. The highest BCUT2D eigenvalue weighted by Crippen LogP contribution is 2.32. The number of carbonyl (C=O) groups excluding carboxylic acids is 1. The summed E-state index contributed by atoms with van der Waals surface area (Å²) in [5, 5.41) is 10.0. The average molecular weight is 401 g/mol. The molecular formula is C17H18F3N3O5. The highest BCUT2D eigenvalue weighted by Gasteiger charge is 2.38. The van der Waals surface area contributed by atoms with E-state index in [1.54, 1.807) is 6.20 Å². The van der Waals surface area contributed by atoms with Crippen molar-refractivity contribution in [2.45, 2.75) is 32.6 Å². The monoisotopic (exact) mass is 401 g/mol. The number of aromatic nitrogens is 2. The molecule has 1 aromatic carbocycles. The molecule has 2 N–H and O–H groups in total. The van der Waals surface area contributed by atoms with Crippen LogP contribution in [0.1, 0.15) is 18.3 Å². The van der Waals surface area contributed by atoms with E-state index in [0.717, 1.165) is 23.7 Å². The third kappa shape index (κ3) is 5.89. The number of aliphatic carboxylic acids is 1. The normalized spacial score (nSPS) is 12.1. The Morgan fingerprint density at radius 1 is 1.29 bits per heavy atom. The first-order valence-electron chi connectivity index (χ1n) is 8.16. The van der Waals surface area contributed by atoms with Crippen molar-refractivity contribution in [3.8, 4) is 11.5 Å². The highest BCUT2D eigenvalue weighted by atomic mass is 19.4. The first-order chi connectivity index (χ1) is 13.2. The van der Waals surface area contributed by atoms with E-state index in [4.69, 9.17) is 19.4 Å². The van der Waals surface area contributed by atoms with E-state index >= 15 is 0 Å². The number of benzene rings is 1. The predicted molar refractivity (Wildman–Crippen MR) is 89.7 cm³/mol. The number of hydrogen-bond donors (Lipinski definition) is 2. The van der Waals surface area contributed by atoms with Crippen molar-refractivity contribution in [3.05, 3.63) is 42.0 Å². The second kappa shape index (κ2) is 9.11. The van der Waals surface area contributed by atoms with E-state index in [2.05, 4.69) is 10.3 Å². The average Bonchev–Trinajstić information content (AvgIpc) is 3.27. The topological polar surface area (TPSA) is 103 Å². The Bertz CT molecular complexity index is 836. The largest absolute Gasteiger partial charge is 0.490 e. The lowest BCUT2D eigenvalue weighted by molar-refractivity contribution is -0.192. The van der Waals surface area contributed by atoms with Gasteiger partial charge in [0.25, 0.3) is 0 Å². The first kappa shape index (κ1) is 21.1. The molecule has 0 saturated heterocycles. The minimum Gasteiger partial charge on any atom is -0.475 e. The number of nitrogens with one attached hydrogen (secondary N) is 1. The van der Waals surface area contributed by atoms with Crippen LogP contribution in [0.5, 0.6) is 11.5 Å². The first-order valence-corrected chi connectivity index (χ1v) is 8.16. The predicted octanol–water partition coefficient (Wildman–Crippen LogP) is 2.12. The maximum atomic E-state index is 12.0. The molecule has 0 aliphatic carbocycles. The smallest absolute Gasteiger partial charge is 0.475 e. The van der Waals surface area contributed by atoms with Gasteiger partial charge in [-0.3, -0.25) is 4.79 Å². The summed E-state index contributed by atoms with van der Waals surface area (Å²) in [5.74, 6) is -0.519. The summed E-state index contributed by atoms with van der Waals surface area (Å²) in [6.07, 6.45) is -1.13. The van der Waals surface area contributed by atoms with Gasteiger partial charge in [-0.15, -0.1) is 0 Å². The van der Waals surface area contributed by atoms with Gasteiger partial charge in [0.2, 0.25) is 12.7 Å². The number of carbonyl (C=O) groups is 2. The van der Waals surface area contributed by atoms with Crippen molar-refractivity contribution in [1.29, 1.82) is 0 Å². The molecule has 0 spiro atoms. The van der Waals surface area contributed by atoms with Crippen LogP contribution < -0.4 is 14.8 Å². The molecule has 0 bridgehead atoms. The number of halogens is 3. The summed E-state index contributed by atoms with van der Waals surface area (Å²) in [6.45, 7) is 3.56. The van der Waals surface area contributed by atoms with Crippen LogP contribution in [-0.4, -0.2) is 39.5 Å². The van der Waals surface area contributed by atoms with Crippen LogP contribution in [0.2, 0.25) is 0 Å². The Labute approximate surface area is 157 Å². The number of rotatable bonds is 5. The summed E-state index contributed by atoms with van der Waals surface area (Å²) in [4.78, 5) is 25.1. The van der Waals surface area contributed by atoms with Crippen molar-refractivity contribution >= 4 is 11.9 Å². The molecule has 28 heavy (non-hydrogen) atoms. The summed E-state index contributed by atoms with van der Waals surface area (Å²) >= 11 is 0. The minimum atomic E-state index is -5.08. The third-order valence-electron chi connectivity index (χ3n) is 3.63. The van der Waals surface area contributed by atoms with E-state index in [1.165, 1.54) is 0 Å². The molecule has 152 valence electrons. The Kier molecular flexibility index (Phi) is 6.85. The van der Waals surface area contributed by atoms with Crippen LogP contribution in [-0.2, 0) is 29.1 Å². The molecule has 0 unspecified atom stereocenters. The van der Waals surface area contributed by atoms with Gasteiger partial charge in [-0.2, -0.15) is 13.2 Å². The Hall–Kier alpha value is -3.24.